The number of carbonyl (C=O) groups excluding carboxylic acids is 1. The summed E-state index contributed by atoms with van der Waals surface area (Å²) < 4.78 is 32.5. The standard InChI is InChI=1S/C16H32F2N2O2/c1-7-12(3)9-13(8-2)19-10-16(17,18)11-20-14(21)22-15(4,5)6/h12-13,19H,7-11H2,1-6H3,(H,20,21). The van der Waals surface area contributed by atoms with Gasteiger partial charge in [-0.05, 0) is 39.5 Å². The number of carbonyl (C=O) groups is 1. The molecule has 0 radical (unpaired) electrons. The first-order chi connectivity index (χ1) is 9.99. The fourth-order valence-electron chi connectivity index (χ4n) is 1.92. The van der Waals surface area contributed by atoms with Crippen LogP contribution in [-0.4, -0.2) is 36.7 Å². The Morgan fingerprint density at radius 1 is 1.14 bits per heavy atom. The Hall–Kier alpha value is -0.910. The number of nitrogens with one attached hydrogen (secondary N) is 2. The maximum absolute atomic E-state index is 13.8. The summed E-state index contributed by atoms with van der Waals surface area (Å²) in [4.78, 5) is 11.4. The highest BCUT2D eigenvalue weighted by Crippen LogP contribution is 2.15. The number of halogens is 2. The van der Waals surface area contributed by atoms with E-state index in [9.17, 15) is 13.6 Å². The van der Waals surface area contributed by atoms with Crippen molar-refractivity contribution in [2.45, 2.75) is 78.4 Å². The van der Waals surface area contributed by atoms with Crippen LogP contribution in [0.2, 0.25) is 0 Å². The molecule has 0 aromatic rings. The number of hydrogen-bond donors (Lipinski definition) is 2. The SMILES string of the molecule is CCC(C)CC(CC)NCC(F)(F)CNC(=O)OC(C)(C)C. The van der Waals surface area contributed by atoms with Gasteiger partial charge in [-0.2, -0.15) is 0 Å². The van der Waals surface area contributed by atoms with Crippen molar-refractivity contribution in [1.29, 1.82) is 0 Å². The molecule has 0 fully saturated rings. The maximum Gasteiger partial charge on any atom is 0.407 e. The first-order valence-electron chi connectivity index (χ1n) is 8.07. The zero-order valence-corrected chi connectivity index (χ0v) is 14.8. The fourth-order valence-corrected chi connectivity index (χ4v) is 1.92. The third-order valence-electron chi connectivity index (χ3n) is 3.42. The number of amides is 1. The molecule has 2 unspecified atom stereocenters. The summed E-state index contributed by atoms with van der Waals surface area (Å²) in [6, 6.07) is 0.0716. The topological polar surface area (TPSA) is 50.4 Å². The molecular weight excluding hydrogens is 290 g/mol. The van der Waals surface area contributed by atoms with Crippen molar-refractivity contribution in [2.24, 2.45) is 5.92 Å². The van der Waals surface area contributed by atoms with Gasteiger partial charge in [0.1, 0.15) is 5.60 Å². The molecule has 0 spiro atoms. The lowest BCUT2D eigenvalue weighted by Gasteiger charge is -2.25. The molecule has 6 heteroatoms. The van der Waals surface area contributed by atoms with E-state index in [0.717, 1.165) is 19.3 Å². The van der Waals surface area contributed by atoms with Crippen molar-refractivity contribution < 1.29 is 18.3 Å². The number of rotatable bonds is 9. The Bertz CT molecular complexity index is 331. The van der Waals surface area contributed by atoms with Crippen molar-refractivity contribution in [2.75, 3.05) is 13.1 Å². The number of alkyl halides is 2. The van der Waals surface area contributed by atoms with E-state index in [4.69, 9.17) is 4.74 Å². The van der Waals surface area contributed by atoms with Crippen molar-refractivity contribution in [3.8, 4) is 0 Å². The normalized spacial score (nSPS) is 15.3. The molecule has 0 rings (SSSR count). The van der Waals surface area contributed by atoms with Gasteiger partial charge in [0.2, 0.25) is 0 Å². The lowest BCUT2D eigenvalue weighted by molar-refractivity contribution is -0.00616. The van der Waals surface area contributed by atoms with Gasteiger partial charge >= 0.3 is 6.09 Å². The first kappa shape index (κ1) is 21.1. The summed E-state index contributed by atoms with van der Waals surface area (Å²) in [5.41, 5.74) is -0.693. The molecule has 0 aliphatic heterocycles. The minimum atomic E-state index is -3.00. The minimum Gasteiger partial charge on any atom is -0.444 e. The van der Waals surface area contributed by atoms with E-state index in [1.165, 1.54) is 0 Å². The highest BCUT2D eigenvalue weighted by Gasteiger charge is 2.31. The lowest BCUT2D eigenvalue weighted by atomic mass is 9.97. The van der Waals surface area contributed by atoms with Gasteiger partial charge < -0.3 is 15.4 Å². The Kier molecular flexibility index (Phi) is 8.89. The van der Waals surface area contributed by atoms with E-state index in [1.54, 1.807) is 20.8 Å². The molecule has 22 heavy (non-hydrogen) atoms. The highest BCUT2D eigenvalue weighted by molar-refractivity contribution is 5.67. The van der Waals surface area contributed by atoms with Gasteiger partial charge in [-0.3, -0.25) is 0 Å². The molecule has 0 saturated heterocycles. The first-order valence-corrected chi connectivity index (χ1v) is 8.07. The van der Waals surface area contributed by atoms with Crippen molar-refractivity contribution >= 4 is 6.09 Å². The summed E-state index contributed by atoms with van der Waals surface area (Å²) in [6.07, 6.45) is 1.90. The summed E-state index contributed by atoms with van der Waals surface area (Å²) >= 11 is 0. The van der Waals surface area contributed by atoms with Gasteiger partial charge in [0.05, 0.1) is 13.1 Å². The Labute approximate surface area is 133 Å². The predicted molar refractivity (Wildman–Crippen MR) is 85.3 cm³/mol. The maximum atomic E-state index is 13.8. The largest absolute Gasteiger partial charge is 0.444 e. The van der Waals surface area contributed by atoms with E-state index in [-0.39, 0.29) is 6.04 Å². The molecular formula is C16H32F2N2O2. The average Bonchev–Trinajstić information content (AvgIpc) is 2.39. The number of hydrogen-bond acceptors (Lipinski definition) is 3. The van der Waals surface area contributed by atoms with Crippen LogP contribution < -0.4 is 10.6 Å². The molecule has 0 aliphatic rings. The summed E-state index contributed by atoms with van der Waals surface area (Å²) in [5, 5.41) is 5.03. The zero-order valence-electron chi connectivity index (χ0n) is 14.8. The van der Waals surface area contributed by atoms with Gasteiger partial charge in [-0.15, -0.1) is 0 Å². The predicted octanol–water partition coefficient (Wildman–Crippen LogP) is 3.95. The summed E-state index contributed by atoms with van der Waals surface area (Å²) in [5.74, 6) is -2.49. The third kappa shape index (κ3) is 10.8. The second kappa shape index (κ2) is 9.28. The van der Waals surface area contributed by atoms with Gasteiger partial charge in [-0.1, -0.05) is 27.2 Å². The smallest absolute Gasteiger partial charge is 0.407 e. The van der Waals surface area contributed by atoms with Crippen LogP contribution in [-0.2, 0) is 4.74 Å². The molecule has 1 amide bonds. The second-order valence-corrected chi connectivity index (χ2v) is 6.95. The van der Waals surface area contributed by atoms with Crippen molar-refractivity contribution in [3.05, 3.63) is 0 Å². The molecule has 0 aliphatic carbocycles. The number of ether oxygens (including phenoxy) is 1. The van der Waals surface area contributed by atoms with Gasteiger partial charge in [0, 0.05) is 6.04 Å². The van der Waals surface area contributed by atoms with Crippen LogP contribution in [0.3, 0.4) is 0 Å². The zero-order chi connectivity index (χ0) is 17.4. The quantitative estimate of drug-likeness (QED) is 0.676. The molecule has 0 bridgehead atoms. The van der Waals surface area contributed by atoms with Gasteiger partial charge in [0.25, 0.3) is 5.92 Å². The Morgan fingerprint density at radius 3 is 2.18 bits per heavy atom. The molecule has 0 saturated carbocycles. The molecule has 0 aromatic carbocycles. The van der Waals surface area contributed by atoms with Crippen LogP contribution in [0.1, 0.15) is 60.8 Å². The summed E-state index contributed by atoms with van der Waals surface area (Å²) in [7, 11) is 0. The van der Waals surface area contributed by atoms with Crippen LogP contribution in [0.4, 0.5) is 13.6 Å². The van der Waals surface area contributed by atoms with E-state index in [2.05, 4.69) is 24.5 Å². The fraction of sp³-hybridized carbons (Fsp3) is 0.938. The van der Waals surface area contributed by atoms with Crippen LogP contribution >= 0.6 is 0 Å². The van der Waals surface area contributed by atoms with Crippen LogP contribution in [0.15, 0.2) is 0 Å². The van der Waals surface area contributed by atoms with Crippen LogP contribution in [0.25, 0.3) is 0 Å². The van der Waals surface area contributed by atoms with E-state index in [1.807, 2.05) is 6.92 Å². The second-order valence-electron chi connectivity index (χ2n) is 6.95. The molecule has 2 atom stereocenters. The molecule has 132 valence electrons. The van der Waals surface area contributed by atoms with E-state index >= 15 is 0 Å². The Morgan fingerprint density at radius 2 is 1.73 bits per heavy atom. The van der Waals surface area contributed by atoms with Crippen LogP contribution in [0.5, 0.6) is 0 Å². The minimum absolute atomic E-state index is 0.0716. The monoisotopic (exact) mass is 322 g/mol. The molecule has 2 N–H and O–H groups in total. The number of alkyl carbamates (subject to hydrolysis) is 1. The van der Waals surface area contributed by atoms with Crippen molar-refractivity contribution in [3.63, 3.8) is 0 Å². The Balaban J connectivity index is 4.19. The van der Waals surface area contributed by atoms with Crippen molar-refractivity contribution in [1.82, 2.24) is 10.6 Å². The molecule has 0 heterocycles. The third-order valence-corrected chi connectivity index (χ3v) is 3.42. The lowest BCUT2D eigenvalue weighted by Crippen LogP contribution is -2.47. The molecule has 4 nitrogen and oxygen atoms in total. The molecule has 0 aromatic heterocycles. The van der Waals surface area contributed by atoms with Crippen LogP contribution in [0, 0.1) is 5.92 Å². The highest BCUT2D eigenvalue weighted by atomic mass is 19.3. The summed E-state index contributed by atoms with van der Waals surface area (Å²) in [6.45, 7) is 10.1. The average molecular weight is 322 g/mol. The van der Waals surface area contributed by atoms with Gasteiger partial charge in [-0.25, -0.2) is 13.6 Å². The van der Waals surface area contributed by atoms with E-state index < -0.39 is 30.7 Å². The van der Waals surface area contributed by atoms with E-state index in [0.29, 0.717) is 5.92 Å². The van der Waals surface area contributed by atoms with Gasteiger partial charge in [0.15, 0.2) is 0 Å².